The van der Waals surface area contributed by atoms with Crippen molar-refractivity contribution in [2.75, 3.05) is 0 Å². The molecule has 0 N–H and O–H groups in total. The molecular formula is C17H17NO2S. The van der Waals surface area contributed by atoms with Crippen LogP contribution in [0.15, 0.2) is 65.6 Å². The van der Waals surface area contributed by atoms with E-state index >= 15 is 0 Å². The van der Waals surface area contributed by atoms with Crippen LogP contribution >= 0.6 is 0 Å². The molecule has 2 aromatic rings. The van der Waals surface area contributed by atoms with E-state index < -0.39 is 15.1 Å². The molecule has 1 atom stereocenters. The number of hydrogen-bond acceptors (Lipinski definition) is 3. The molecule has 0 bridgehead atoms. The Morgan fingerprint density at radius 2 is 1.52 bits per heavy atom. The fourth-order valence-electron chi connectivity index (χ4n) is 2.20. The Morgan fingerprint density at radius 1 is 0.952 bits per heavy atom. The molecule has 2 aromatic carbocycles. The molecule has 1 unspecified atom stereocenters. The summed E-state index contributed by atoms with van der Waals surface area (Å²) >= 11 is 0. The van der Waals surface area contributed by atoms with Gasteiger partial charge in [0.15, 0.2) is 15.1 Å². The number of nitriles is 1. The molecule has 0 radical (unpaired) electrons. The Balaban J connectivity index is 2.02. The van der Waals surface area contributed by atoms with Crippen LogP contribution in [0.5, 0.6) is 0 Å². The minimum atomic E-state index is -3.57. The molecule has 0 aliphatic heterocycles. The molecular weight excluding hydrogens is 282 g/mol. The van der Waals surface area contributed by atoms with Crippen molar-refractivity contribution in [1.29, 1.82) is 5.26 Å². The average molecular weight is 299 g/mol. The first kappa shape index (κ1) is 15.3. The Kier molecular flexibility index (Phi) is 5.13. The van der Waals surface area contributed by atoms with Crippen LogP contribution in [0.4, 0.5) is 0 Å². The first-order chi connectivity index (χ1) is 10.1. The van der Waals surface area contributed by atoms with Gasteiger partial charge in [0.1, 0.15) is 0 Å². The predicted octanol–water partition coefficient (Wildman–Crippen LogP) is 3.38. The lowest BCUT2D eigenvalue weighted by molar-refractivity contribution is 0.581. The summed E-state index contributed by atoms with van der Waals surface area (Å²) in [5.74, 6) is 0. The molecule has 108 valence electrons. The van der Waals surface area contributed by atoms with E-state index in [1.807, 2.05) is 36.4 Å². The van der Waals surface area contributed by atoms with Crippen molar-refractivity contribution in [2.24, 2.45) is 0 Å². The molecule has 0 amide bonds. The molecule has 2 rings (SSSR count). The second kappa shape index (κ2) is 7.05. The van der Waals surface area contributed by atoms with Crippen molar-refractivity contribution in [3.05, 3.63) is 66.2 Å². The molecule has 3 nitrogen and oxygen atoms in total. The van der Waals surface area contributed by atoms with E-state index in [0.29, 0.717) is 12.8 Å². The maximum absolute atomic E-state index is 12.4. The molecule has 0 saturated carbocycles. The lowest BCUT2D eigenvalue weighted by atomic mass is 10.1. The van der Waals surface area contributed by atoms with Crippen molar-refractivity contribution in [3.8, 4) is 6.07 Å². The van der Waals surface area contributed by atoms with Gasteiger partial charge in [-0.3, -0.25) is 0 Å². The van der Waals surface area contributed by atoms with E-state index in [1.54, 1.807) is 18.2 Å². The zero-order valence-electron chi connectivity index (χ0n) is 11.6. The fourth-order valence-corrected chi connectivity index (χ4v) is 3.68. The summed E-state index contributed by atoms with van der Waals surface area (Å²) in [6.45, 7) is 0. The van der Waals surface area contributed by atoms with Gasteiger partial charge in [0, 0.05) is 0 Å². The van der Waals surface area contributed by atoms with Crippen molar-refractivity contribution in [1.82, 2.24) is 0 Å². The smallest absolute Gasteiger partial charge is 0.194 e. The second-order valence-corrected chi connectivity index (χ2v) is 6.98. The maximum atomic E-state index is 12.4. The SMILES string of the molecule is N#CC(CCCc1ccccc1)S(=O)(=O)c1ccccc1. The van der Waals surface area contributed by atoms with Crippen LogP contribution in [0.3, 0.4) is 0 Å². The van der Waals surface area contributed by atoms with Gasteiger partial charge in [0.2, 0.25) is 0 Å². The van der Waals surface area contributed by atoms with Crippen molar-refractivity contribution < 1.29 is 8.42 Å². The van der Waals surface area contributed by atoms with E-state index in [0.717, 1.165) is 12.0 Å². The third-order valence-electron chi connectivity index (χ3n) is 3.36. The van der Waals surface area contributed by atoms with E-state index in [9.17, 15) is 13.7 Å². The minimum Gasteiger partial charge on any atom is -0.222 e. The summed E-state index contributed by atoms with van der Waals surface area (Å²) < 4.78 is 24.8. The number of rotatable bonds is 6. The third kappa shape index (κ3) is 3.93. The largest absolute Gasteiger partial charge is 0.222 e. The number of sulfone groups is 1. The Labute approximate surface area is 125 Å². The lowest BCUT2D eigenvalue weighted by Gasteiger charge is -2.10. The predicted molar refractivity (Wildman–Crippen MR) is 82.4 cm³/mol. The molecule has 0 saturated heterocycles. The summed E-state index contributed by atoms with van der Waals surface area (Å²) in [6, 6.07) is 20.0. The highest BCUT2D eigenvalue weighted by Crippen LogP contribution is 2.19. The van der Waals surface area contributed by atoms with Gasteiger partial charge in [-0.2, -0.15) is 5.26 Å². The first-order valence-electron chi connectivity index (χ1n) is 6.87. The Morgan fingerprint density at radius 3 is 2.10 bits per heavy atom. The van der Waals surface area contributed by atoms with E-state index in [1.165, 1.54) is 12.1 Å². The zero-order chi connectivity index (χ0) is 15.1. The van der Waals surface area contributed by atoms with Gasteiger partial charge >= 0.3 is 0 Å². The average Bonchev–Trinajstić information content (AvgIpc) is 2.53. The summed E-state index contributed by atoms with van der Waals surface area (Å²) in [4.78, 5) is 0.219. The maximum Gasteiger partial charge on any atom is 0.194 e. The van der Waals surface area contributed by atoms with Crippen LogP contribution in [0.2, 0.25) is 0 Å². The van der Waals surface area contributed by atoms with Crippen LogP contribution < -0.4 is 0 Å². The van der Waals surface area contributed by atoms with Crippen molar-refractivity contribution in [3.63, 3.8) is 0 Å². The number of hydrogen-bond donors (Lipinski definition) is 0. The van der Waals surface area contributed by atoms with Gasteiger partial charge in [-0.15, -0.1) is 0 Å². The highest BCUT2D eigenvalue weighted by Gasteiger charge is 2.26. The molecule has 0 spiro atoms. The van der Waals surface area contributed by atoms with Crippen LogP contribution in [-0.4, -0.2) is 13.7 Å². The first-order valence-corrected chi connectivity index (χ1v) is 8.41. The number of nitrogens with zero attached hydrogens (tertiary/aromatic N) is 1. The van der Waals surface area contributed by atoms with Crippen LogP contribution in [0, 0.1) is 11.3 Å². The minimum absolute atomic E-state index is 0.219. The molecule has 21 heavy (non-hydrogen) atoms. The molecule has 0 aliphatic carbocycles. The van der Waals surface area contributed by atoms with Crippen LogP contribution in [0.25, 0.3) is 0 Å². The van der Waals surface area contributed by atoms with Crippen molar-refractivity contribution in [2.45, 2.75) is 29.4 Å². The fraction of sp³-hybridized carbons (Fsp3) is 0.235. The van der Waals surface area contributed by atoms with Gasteiger partial charge in [0.05, 0.1) is 11.0 Å². The molecule has 0 aromatic heterocycles. The summed E-state index contributed by atoms with van der Waals surface area (Å²) in [6.07, 6.45) is 1.81. The van der Waals surface area contributed by atoms with E-state index in [4.69, 9.17) is 0 Å². The van der Waals surface area contributed by atoms with Crippen LogP contribution in [-0.2, 0) is 16.3 Å². The standard InChI is InChI=1S/C17H17NO2S/c18-14-17(13-7-10-15-8-3-1-4-9-15)21(19,20)16-11-5-2-6-12-16/h1-6,8-9,11-12,17H,7,10,13H2. The van der Waals surface area contributed by atoms with Gasteiger partial charge in [-0.25, -0.2) is 8.42 Å². The second-order valence-electron chi connectivity index (χ2n) is 4.85. The molecule has 0 fully saturated rings. The highest BCUT2D eigenvalue weighted by atomic mass is 32.2. The number of aryl methyl sites for hydroxylation is 1. The van der Waals surface area contributed by atoms with Gasteiger partial charge in [-0.05, 0) is 37.0 Å². The highest BCUT2D eigenvalue weighted by molar-refractivity contribution is 7.92. The van der Waals surface area contributed by atoms with Gasteiger partial charge in [0.25, 0.3) is 0 Å². The molecule has 0 aliphatic rings. The topological polar surface area (TPSA) is 57.9 Å². The van der Waals surface area contributed by atoms with E-state index in [-0.39, 0.29) is 4.90 Å². The normalized spacial score (nSPS) is 12.5. The van der Waals surface area contributed by atoms with Crippen LogP contribution in [0.1, 0.15) is 18.4 Å². The molecule has 0 heterocycles. The zero-order valence-corrected chi connectivity index (χ0v) is 12.5. The Hall–Kier alpha value is -2.12. The quantitative estimate of drug-likeness (QED) is 0.821. The summed E-state index contributed by atoms with van der Waals surface area (Å²) in [7, 11) is -3.57. The number of benzene rings is 2. The third-order valence-corrected chi connectivity index (χ3v) is 5.38. The van der Waals surface area contributed by atoms with Crippen molar-refractivity contribution >= 4 is 9.84 Å². The van der Waals surface area contributed by atoms with Gasteiger partial charge < -0.3 is 0 Å². The summed E-state index contributed by atoms with van der Waals surface area (Å²) in [5, 5.41) is 8.21. The monoisotopic (exact) mass is 299 g/mol. The lowest BCUT2D eigenvalue weighted by Crippen LogP contribution is -2.20. The van der Waals surface area contributed by atoms with Gasteiger partial charge in [-0.1, -0.05) is 48.5 Å². The molecule has 4 heteroatoms. The Bertz CT molecular complexity index is 703. The van der Waals surface area contributed by atoms with E-state index in [2.05, 4.69) is 0 Å². The summed E-state index contributed by atoms with van der Waals surface area (Å²) in [5.41, 5.74) is 1.16.